The molecule has 34 heavy (non-hydrogen) atoms. The van der Waals surface area contributed by atoms with Gasteiger partial charge in [0, 0.05) is 29.6 Å². The van der Waals surface area contributed by atoms with Crippen LogP contribution in [0.15, 0.2) is 72.8 Å². The Labute approximate surface area is 199 Å². The molecule has 0 aliphatic carbocycles. The smallest absolute Gasteiger partial charge is 0.162 e. The van der Waals surface area contributed by atoms with E-state index in [-0.39, 0.29) is 5.82 Å². The van der Waals surface area contributed by atoms with Crippen molar-refractivity contribution in [1.82, 2.24) is 14.9 Å². The fourth-order valence-electron chi connectivity index (χ4n) is 4.54. The molecule has 1 aliphatic heterocycles. The lowest BCUT2D eigenvalue weighted by molar-refractivity contribution is 0.180. The van der Waals surface area contributed by atoms with Crippen molar-refractivity contribution in [3.8, 4) is 17.1 Å². The van der Waals surface area contributed by atoms with E-state index in [0.29, 0.717) is 18.3 Å². The van der Waals surface area contributed by atoms with E-state index in [0.717, 1.165) is 66.1 Å². The predicted octanol–water partition coefficient (Wildman–Crippen LogP) is 5.77. The Kier molecular flexibility index (Phi) is 6.67. The van der Waals surface area contributed by atoms with E-state index in [1.165, 1.54) is 6.07 Å². The molecule has 4 aromatic rings. The van der Waals surface area contributed by atoms with Crippen LogP contribution in [0.3, 0.4) is 0 Å². The summed E-state index contributed by atoms with van der Waals surface area (Å²) in [5, 5.41) is 4.63. The molecule has 1 aliphatic rings. The fourth-order valence-corrected chi connectivity index (χ4v) is 4.54. The maximum Gasteiger partial charge on any atom is 0.162 e. The van der Waals surface area contributed by atoms with Crippen LogP contribution in [0, 0.1) is 11.7 Å². The molecule has 1 aromatic heterocycles. The van der Waals surface area contributed by atoms with E-state index in [9.17, 15) is 4.39 Å². The molecule has 174 valence electrons. The molecule has 0 unspecified atom stereocenters. The Morgan fingerprint density at radius 3 is 2.44 bits per heavy atom. The molecule has 5 nitrogen and oxygen atoms in total. The molecule has 5 rings (SSSR count). The molecule has 3 aromatic carbocycles. The summed E-state index contributed by atoms with van der Waals surface area (Å²) in [6.07, 6.45) is 2.16. The van der Waals surface area contributed by atoms with Crippen LogP contribution < -0.4 is 10.1 Å². The molecular formula is C28H29FN4O. The molecule has 2 heterocycles. The molecule has 0 saturated carbocycles. The summed E-state index contributed by atoms with van der Waals surface area (Å²) in [5.74, 6) is 2.81. The molecule has 0 atom stereocenters. The van der Waals surface area contributed by atoms with Crippen molar-refractivity contribution in [2.75, 3.05) is 32.1 Å². The highest BCUT2D eigenvalue weighted by Crippen LogP contribution is 2.27. The van der Waals surface area contributed by atoms with E-state index in [2.05, 4.69) is 16.3 Å². The molecule has 0 radical (unpaired) electrons. The lowest BCUT2D eigenvalue weighted by atomic mass is 9.96. The number of ether oxygens (including phenoxy) is 1. The number of fused-ring (bicyclic) bond motifs is 1. The second-order valence-electron chi connectivity index (χ2n) is 8.83. The Morgan fingerprint density at radius 2 is 1.68 bits per heavy atom. The van der Waals surface area contributed by atoms with Gasteiger partial charge in [0.05, 0.1) is 12.6 Å². The van der Waals surface area contributed by atoms with Gasteiger partial charge in [-0.05, 0) is 74.3 Å². The topological polar surface area (TPSA) is 50.3 Å². The van der Waals surface area contributed by atoms with Gasteiger partial charge in [0.1, 0.15) is 17.4 Å². The Morgan fingerprint density at radius 1 is 0.941 bits per heavy atom. The summed E-state index contributed by atoms with van der Waals surface area (Å²) < 4.78 is 19.3. The first-order valence-electron chi connectivity index (χ1n) is 11.8. The first kappa shape index (κ1) is 22.3. The van der Waals surface area contributed by atoms with Crippen LogP contribution in [-0.4, -0.2) is 41.6 Å². The summed E-state index contributed by atoms with van der Waals surface area (Å²) >= 11 is 0. The summed E-state index contributed by atoms with van der Waals surface area (Å²) in [5.41, 5.74) is 2.65. The van der Waals surface area contributed by atoms with Gasteiger partial charge in [-0.3, -0.25) is 4.90 Å². The Bertz CT molecular complexity index is 1250. The number of rotatable bonds is 7. The number of aromatic nitrogens is 2. The average molecular weight is 457 g/mol. The van der Waals surface area contributed by atoms with Gasteiger partial charge in [0.25, 0.3) is 0 Å². The van der Waals surface area contributed by atoms with E-state index in [1.807, 2.05) is 54.6 Å². The largest absolute Gasteiger partial charge is 0.497 e. The number of hydrogen-bond donors (Lipinski definition) is 1. The zero-order valence-electron chi connectivity index (χ0n) is 19.4. The minimum absolute atomic E-state index is 0.116. The van der Waals surface area contributed by atoms with E-state index < -0.39 is 0 Å². The molecule has 0 bridgehead atoms. The second-order valence-corrected chi connectivity index (χ2v) is 8.83. The van der Waals surface area contributed by atoms with Gasteiger partial charge >= 0.3 is 0 Å². The number of para-hydroxylation sites is 1. The van der Waals surface area contributed by atoms with Gasteiger partial charge in [-0.1, -0.05) is 30.3 Å². The number of nitrogens with one attached hydrogen (secondary N) is 1. The number of hydrogen-bond acceptors (Lipinski definition) is 5. The molecule has 0 spiro atoms. The number of nitrogens with zero attached hydrogens (tertiary/aromatic N) is 3. The fraction of sp³-hybridized carbons (Fsp3) is 0.286. The molecule has 6 heteroatoms. The standard InChI is InChI=1S/C28H29FN4O/c1-34-23-12-10-21(11-13-23)27-31-26-9-5-3-7-24(26)28(32-27)30-18-20-14-16-33(17-15-20)19-22-6-2-4-8-25(22)29/h2-13,20H,14-19H2,1H3,(H,30,31,32). The highest BCUT2D eigenvalue weighted by atomic mass is 19.1. The molecule has 1 fully saturated rings. The lowest BCUT2D eigenvalue weighted by Gasteiger charge is -2.32. The predicted molar refractivity (Wildman–Crippen MR) is 134 cm³/mol. The van der Waals surface area contributed by atoms with Crippen LogP contribution in [0.5, 0.6) is 5.75 Å². The normalized spacial score (nSPS) is 14.9. The zero-order chi connectivity index (χ0) is 23.3. The van der Waals surface area contributed by atoms with Crippen molar-refractivity contribution in [2.45, 2.75) is 19.4 Å². The summed E-state index contributed by atoms with van der Waals surface area (Å²) in [4.78, 5) is 12.0. The number of likely N-dealkylation sites (tertiary alicyclic amines) is 1. The molecule has 1 saturated heterocycles. The van der Waals surface area contributed by atoms with Gasteiger partial charge in [-0.25, -0.2) is 14.4 Å². The lowest BCUT2D eigenvalue weighted by Crippen LogP contribution is -2.35. The van der Waals surface area contributed by atoms with Crippen LogP contribution >= 0.6 is 0 Å². The van der Waals surface area contributed by atoms with Gasteiger partial charge in [-0.15, -0.1) is 0 Å². The van der Waals surface area contributed by atoms with Crippen molar-refractivity contribution in [2.24, 2.45) is 5.92 Å². The number of piperidine rings is 1. The van der Waals surface area contributed by atoms with Crippen molar-refractivity contribution in [3.63, 3.8) is 0 Å². The van der Waals surface area contributed by atoms with Gasteiger partial charge in [-0.2, -0.15) is 0 Å². The summed E-state index contributed by atoms with van der Waals surface area (Å²) in [7, 11) is 1.66. The Balaban J connectivity index is 1.26. The van der Waals surface area contributed by atoms with Crippen LogP contribution in [0.1, 0.15) is 18.4 Å². The first-order chi connectivity index (χ1) is 16.7. The minimum Gasteiger partial charge on any atom is -0.497 e. The van der Waals surface area contributed by atoms with Crippen LogP contribution in [-0.2, 0) is 6.54 Å². The Hall–Kier alpha value is -3.51. The van der Waals surface area contributed by atoms with Gasteiger partial charge in [0.15, 0.2) is 5.82 Å². The molecule has 0 amide bonds. The SMILES string of the molecule is COc1ccc(-c2nc(NCC3CCN(Cc4ccccc4F)CC3)c3ccccc3n2)cc1. The van der Waals surface area contributed by atoms with E-state index in [4.69, 9.17) is 14.7 Å². The van der Waals surface area contributed by atoms with E-state index >= 15 is 0 Å². The van der Waals surface area contributed by atoms with Crippen LogP contribution in [0.25, 0.3) is 22.3 Å². The molecule has 1 N–H and O–H groups in total. The minimum atomic E-state index is -0.116. The maximum atomic E-state index is 14.0. The van der Waals surface area contributed by atoms with Crippen LogP contribution in [0.4, 0.5) is 10.2 Å². The van der Waals surface area contributed by atoms with Crippen molar-refractivity contribution in [1.29, 1.82) is 0 Å². The van der Waals surface area contributed by atoms with Crippen molar-refractivity contribution in [3.05, 3.63) is 84.2 Å². The maximum absolute atomic E-state index is 14.0. The number of methoxy groups -OCH3 is 1. The summed E-state index contributed by atoms with van der Waals surface area (Å²) in [6, 6.07) is 23.0. The van der Waals surface area contributed by atoms with Crippen molar-refractivity contribution >= 4 is 16.7 Å². The van der Waals surface area contributed by atoms with Gasteiger partial charge in [0.2, 0.25) is 0 Å². The molecular weight excluding hydrogens is 427 g/mol. The second kappa shape index (κ2) is 10.2. The van der Waals surface area contributed by atoms with E-state index in [1.54, 1.807) is 13.2 Å². The van der Waals surface area contributed by atoms with Crippen LogP contribution in [0.2, 0.25) is 0 Å². The van der Waals surface area contributed by atoms with Crippen molar-refractivity contribution < 1.29 is 9.13 Å². The monoisotopic (exact) mass is 456 g/mol. The number of benzene rings is 3. The third-order valence-corrected chi connectivity index (χ3v) is 6.57. The quantitative estimate of drug-likeness (QED) is 0.383. The third kappa shape index (κ3) is 5.02. The highest BCUT2D eigenvalue weighted by molar-refractivity contribution is 5.90. The number of halogens is 1. The highest BCUT2D eigenvalue weighted by Gasteiger charge is 2.20. The third-order valence-electron chi connectivity index (χ3n) is 6.57. The average Bonchev–Trinajstić information content (AvgIpc) is 2.89. The number of anilines is 1. The first-order valence-corrected chi connectivity index (χ1v) is 11.8. The zero-order valence-corrected chi connectivity index (χ0v) is 19.4. The van der Waals surface area contributed by atoms with Gasteiger partial charge < -0.3 is 10.1 Å². The summed E-state index contributed by atoms with van der Waals surface area (Å²) in [6.45, 7) is 3.48.